The molecule has 1 aromatic rings. The first kappa shape index (κ1) is 12.7. The summed E-state index contributed by atoms with van der Waals surface area (Å²) in [6, 6.07) is 0.0690. The van der Waals surface area contributed by atoms with Gasteiger partial charge in [0.25, 0.3) is 0 Å². The van der Waals surface area contributed by atoms with Gasteiger partial charge in [0.1, 0.15) is 5.69 Å². The van der Waals surface area contributed by atoms with Crippen molar-refractivity contribution in [3.05, 3.63) is 29.3 Å². The van der Waals surface area contributed by atoms with E-state index in [1.54, 1.807) is 0 Å². The van der Waals surface area contributed by atoms with Crippen LogP contribution in [0.15, 0.2) is 6.07 Å². The van der Waals surface area contributed by atoms with Gasteiger partial charge in [0.15, 0.2) is 23.3 Å². The maximum absolute atomic E-state index is 13.6. The molecular weight excluding hydrogens is 260 g/mol. The lowest BCUT2D eigenvalue weighted by Crippen LogP contribution is -2.53. The number of nitrogens with one attached hydrogen (secondary N) is 1. The monoisotopic (exact) mass is 274 g/mol. The fourth-order valence-corrected chi connectivity index (χ4v) is 3.01. The van der Waals surface area contributed by atoms with Crippen LogP contribution in [0, 0.1) is 29.2 Å². The first-order valence-corrected chi connectivity index (χ1v) is 6.38. The molecule has 1 aromatic carbocycles. The third-order valence-electron chi connectivity index (χ3n) is 4.10. The average molecular weight is 274 g/mol. The van der Waals surface area contributed by atoms with Crippen LogP contribution in [0.5, 0.6) is 0 Å². The molecule has 2 bridgehead atoms. The van der Waals surface area contributed by atoms with Gasteiger partial charge in [-0.25, -0.2) is 17.6 Å². The molecule has 3 heterocycles. The Bertz CT molecular complexity index is 472. The van der Waals surface area contributed by atoms with Gasteiger partial charge < -0.3 is 10.2 Å². The number of anilines is 1. The van der Waals surface area contributed by atoms with E-state index < -0.39 is 29.0 Å². The predicted octanol–water partition coefficient (Wildman–Crippen LogP) is 2.75. The van der Waals surface area contributed by atoms with E-state index >= 15 is 0 Å². The molecule has 0 aliphatic carbocycles. The molecule has 1 atom stereocenters. The number of halogens is 4. The maximum Gasteiger partial charge on any atom is 0.185 e. The van der Waals surface area contributed by atoms with Crippen molar-refractivity contribution >= 4 is 5.69 Å². The summed E-state index contributed by atoms with van der Waals surface area (Å²) in [6.07, 6.45) is 1.89. The van der Waals surface area contributed by atoms with E-state index in [1.807, 2.05) is 0 Å². The van der Waals surface area contributed by atoms with E-state index in [2.05, 4.69) is 10.2 Å². The van der Waals surface area contributed by atoms with Crippen molar-refractivity contribution in [1.29, 1.82) is 0 Å². The molecule has 2 nitrogen and oxygen atoms in total. The molecule has 104 valence electrons. The summed E-state index contributed by atoms with van der Waals surface area (Å²) in [4.78, 5) is 2.18. The SMILES string of the molecule is Fc1cc(F)c(F)c(NC2CN3CCC2CC3)c1F. The number of fused-ring (bicyclic) bond motifs is 3. The van der Waals surface area contributed by atoms with E-state index in [9.17, 15) is 17.6 Å². The lowest BCUT2D eigenvalue weighted by molar-refractivity contribution is 0.0971. The Morgan fingerprint density at radius 1 is 1.00 bits per heavy atom. The van der Waals surface area contributed by atoms with Crippen LogP contribution in [0.4, 0.5) is 23.2 Å². The van der Waals surface area contributed by atoms with Crippen LogP contribution < -0.4 is 5.32 Å². The van der Waals surface area contributed by atoms with Gasteiger partial charge in [0.2, 0.25) is 0 Å². The van der Waals surface area contributed by atoms with Gasteiger partial charge in [0, 0.05) is 18.7 Å². The zero-order valence-electron chi connectivity index (χ0n) is 10.2. The molecule has 0 radical (unpaired) electrons. The molecule has 6 heteroatoms. The molecule has 0 saturated carbocycles. The maximum atomic E-state index is 13.6. The second-order valence-electron chi connectivity index (χ2n) is 5.23. The lowest BCUT2D eigenvalue weighted by atomic mass is 9.84. The van der Waals surface area contributed by atoms with Gasteiger partial charge in [0.05, 0.1) is 0 Å². The first-order valence-electron chi connectivity index (χ1n) is 6.38. The van der Waals surface area contributed by atoms with Gasteiger partial charge in [-0.2, -0.15) is 0 Å². The lowest BCUT2D eigenvalue weighted by Gasteiger charge is -2.45. The zero-order chi connectivity index (χ0) is 13.6. The second kappa shape index (κ2) is 4.67. The number of nitrogens with zero attached hydrogens (tertiary/aromatic N) is 1. The van der Waals surface area contributed by atoms with Crippen LogP contribution in [-0.2, 0) is 0 Å². The highest BCUT2D eigenvalue weighted by Crippen LogP contribution is 2.32. The van der Waals surface area contributed by atoms with Gasteiger partial charge in [-0.15, -0.1) is 0 Å². The average Bonchev–Trinajstić information content (AvgIpc) is 2.43. The molecule has 19 heavy (non-hydrogen) atoms. The Balaban J connectivity index is 1.87. The predicted molar refractivity (Wildman–Crippen MR) is 62.8 cm³/mol. The summed E-state index contributed by atoms with van der Waals surface area (Å²) < 4.78 is 53.4. The first-order chi connectivity index (χ1) is 9.06. The molecule has 3 fully saturated rings. The minimum atomic E-state index is -1.37. The van der Waals surface area contributed by atoms with Gasteiger partial charge in [-0.05, 0) is 31.8 Å². The van der Waals surface area contributed by atoms with Crippen LogP contribution >= 0.6 is 0 Å². The minimum absolute atomic E-state index is 0.160. The van der Waals surface area contributed by atoms with E-state index in [4.69, 9.17) is 0 Å². The largest absolute Gasteiger partial charge is 0.376 e. The number of hydrogen-bond acceptors (Lipinski definition) is 2. The molecule has 1 unspecified atom stereocenters. The fourth-order valence-electron chi connectivity index (χ4n) is 3.01. The Morgan fingerprint density at radius 2 is 1.58 bits per heavy atom. The van der Waals surface area contributed by atoms with Crippen molar-refractivity contribution in [2.24, 2.45) is 5.92 Å². The van der Waals surface area contributed by atoms with Crippen molar-refractivity contribution in [3.8, 4) is 0 Å². The summed E-state index contributed by atoms with van der Waals surface area (Å²) in [5.41, 5.74) is -0.684. The molecule has 3 aliphatic heterocycles. The molecule has 3 aliphatic rings. The number of benzene rings is 1. The van der Waals surface area contributed by atoms with Gasteiger partial charge in [-0.3, -0.25) is 0 Å². The zero-order valence-corrected chi connectivity index (χ0v) is 10.2. The Labute approximate surface area is 108 Å². The van der Waals surface area contributed by atoms with Crippen LogP contribution in [0.1, 0.15) is 12.8 Å². The van der Waals surface area contributed by atoms with Crippen LogP contribution in [-0.4, -0.2) is 30.6 Å². The van der Waals surface area contributed by atoms with Crippen LogP contribution in [0.25, 0.3) is 0 Å². The van der Waals surface area contributed by atoms with Crippen molar-refractivity contribution in [2.75, 3.05) is 25.0 Å². The summed E-state index contributed by atoms with van der Waals surface area (Å²) in [5.74, 6) is -5.15. The highest BCUT2D eigenvalue weighted by Gasteiger charge is 2.35. The Morgan fingerprint density at radius 3 is 2.05 bits per heavy atom. The van der Waals surface area contributed by atoms with E-state index in [0.29, 0.717) is 12.5 Å². The van der Waals surface area contributed by atoms with Crippen molar-refractivity contribution in [3.63, 3.8) is 0 Å². The molecule has 0 spiro atoms. The summed E-state index contributed by atoms with van der Waals surface area (Å²) in [5, 5.41) is 2.66. The van der Waals surface area contributed by atoms with Crippen LogP contribution in [0.2, 0.25) is 0 Å². The Hall–Kier alpha value is -1.30. The molecule has 0 aromatic heterocycles. The number of rotatable bonds is 2. The van der Waals surface area contributed by atoms with Gasteiger partial charge in [-0.1, -0.05) is 0 Å². The minimum Gasteiger partial charge on any atom is -0.376 e. The molecule has 0 amide bonds. The number of hydrogen-bond donors (Lipinski definition) is 1. The third-order valence-corrected chi connectivity index (χ3v) is 4.10. The fraction of sp³-hybridized carbons (Fsp3) is 0.538. The number of piperidine rings is 3. The third kappa shape index (κ3) is 2.18. The molecular formula is C13H14F4N2. The topological polar surface area (TPSA) is 15.3 Å². The summed E-state index contributed by atoms with van der Waals surface area (Å²) in [6.45, 7) is 2.61. The second-order valence-corrected chi connectivity index (χ2v) is 5.23. The highest BCUT2D eigenvalue weighted by molar-refractivity contribution is 5.48. The summed E-state index contributed by atoms with van der Waals surface area (Å²) in [7, 11) is 0. The van der Waals surface area contributed by atoms with E-state index in [1.165, 1.54) is 0 Å². The van der Waals surface area contributed by atoms with Crippen molar-refractivity contribution in [1.82, 2.24) is 4.90 Å². The normalized spacial score (nSPS) is 29.6. The van der Waals surface area contributed by atoms with E-state index in [0.717, 1.165) is 25.9 Å². The van der Waals surface area contributed by atoms with Crippen molar-refractivity contribution < 1.29 is 17.6 Å². The summed E-state index contributed by atoms with van der Waals surface area (Å²) >= 11 is 0. The van der Waals surface area contributed by atoms with Gasteiger partial charge >= 0.3 is 0 Å². The van der Waals surface area contributed by atoms with Crippen LogP contribution in [0.3, 0.4) is 0 Å². The quantitative estimate of drug-likeness (QED) is 0.659. The molecule has 1 N–H and O–H groups in total. The molecule has 3 saturated heterocycles. The highest BCUT2D eigenvalue weighted by atomic mass is 19.2. The smallest absolute Gasteiger partial charge is 0.185 e. The van der Waals surface area contributed by atoms with Crippen molar-refractivity contribution in [2.45, 2.75) is 18.9 Å². The standard InChI is InChI=1S/C13H14F4N2/c14-8-5-9(15)12(17)13(11(8)16)18-10-6-19-3-1-7(10)2-4-19/h5,7,10,18H,1-4,6H2. The van der Waals surface area contributed by atoms with E-state index in [-0.39, 0.29) is 12.1 Å². The Kier molecular flexibility index (Phi) is 3.12. The molecule has 4 rings (SSSR count).